The lowest BCUT2D eigenvalue weighted by Gasteiger charge is -2.19. The Balaban J connectivity index is 2.12. The minimum atomic E-state index is -3.67. The summed E-state index contributed by atoms with van der Waals surface area (Å²) in [5.74, 6) is 0.493. The first-order valence-corrected chi connectivity index (χ1v) is 8.51. The number of rotatable bonds is 2. The first-order chi connectivity index (χ1) is 9.47. The molecule has 20 heavy (non-hydrogen) atoms. The van der Waals surface area contributed by atoms with E-state index in [9.17, 15) is 8.42 Å². The van der Waals surface area contributed by atoms with Crippen LogP contribution >= 0.6 is 0 Å². The molecule has 108 valence electrons. The molecule has 3 rings (SSSR count). The highest BCUT2D eigenvalue weighted by Crippen LogP contribution is 2.35. The van der Waals surface area contributed by atoms with Crippen molar-refractivity contribution >= 4 is 20.9 Å². The second kappa shape index (κ2) is 4.86. The molecule has 0 atom stereocenters. The predicted octanol–water partition coefficient (Wildman–Crippen LogP) is 2.27. The van der Waals surface area contributed by atoms with Crippen molar-refractivity contribution < 1.29 is 8.42 Å². The summed E-state index contributed by atoms with van der Waals surface area (Å²) in [7, 11) is -1.82. The number of aryl methyl sites for hydroxylation is 1. The molecule has 6 heteroatoms. The fraction of sp³-hybridized carbons (Fsp3) is 0.500. The molecule has 1 aliphatic carbocycles. The van der Waals surface area contributed by atoms with Crippen molar-refractivity contribution in [2.75, 3.05) is 0 Å². The van der Waals surface area contributed by atoms with Crippen LogP contribution in [0.25, 0.3) is 10.9 Å². The second-order valence-corrected chi connectivity index (χ2v) is 7.13. The van der Waals surface area contributed by atoms with Gasteiger partial charge in [-0.25, -0.2) is 13.6 Å². The summed E-state index contributed by atoms with van der Waals surface area (Å²) in [5.41, 5.74) is 1.93. The average Bonchev–Trinajstić information content (AvgIpc) is 2.76. The van der Waals surface area contributed by atoms with Gasteiger partial charge in [0.25, 0.3) is 0 Å². The zero-order valence-corrected chi connectivity index (χ0v) is 12.4. The van der Waals surface area contributed by atoms with Crippen LogP contribution in [0.2, 0.25) is 0 Å². The van der Waals surface area contributed by atoms with Gasteiger partial charge in [0.1, 0.15) is 0 Å². The zero-order valence-electron chi connectivity index (χ0n) is 11.5. The summed E-state index contributed by atoms with van der Waals surface area (Å²) in [4.78, 5) is 0.142. The Hall–Kier alpha value is -1.40. The smallest absolute Gasteiger partial charge is 0.238 e. The van der Waals surface area contributed by atoms with E-state index in [0.29, 0.717) is 5.92 Å². The number of primary sulfonamides is 1. The van der Waals surface area contributed by atoms with Gasteiger partial charge in [-0.2, -0.15) is 5.10 Å². The first-order valence-electron chi connectivity index (χ1n) is 6.96. The van der Waals surface area contributed by atoms with E-state index in [1.165, 1.54) is 32.1 Å². The Labute approximate surface area is 118 Å². The van der Waals surface area contributed by atoms with Crippen molar-refractivity contribution in [2.45, 2.75) is 42.9 Å². The molecule has 1 fully saturated rings. The lowest BCUT2D eigenvalue weighted by Crippen LogP contribution is -2.12. The van der Waals surface area contributed by atoms with Crippen LogP contribution in [-0.4, -0.2) is 18.2 Å². The lowest BCUT2D eigenvalue weighted by molar-refractivity contribution is 0.435. The quantitative estimate of drug-likeness (QED) is 0.922. The van der Waals surface area contributed by atoms with Gasteiger partial charge < -0.3 is 0 Å². The van der Waals surface area contributed by atoms with Gasteiger partial charge in [0.2, 0.25) is 10.0 Å². The van der Waals surface area contributed by atoms with Crippen molar-refractivity contribution in [3.05, 3.63) is 23.9 Å². The number of benzene rings is 1. The molecule has 0 spiro atoms. The van der Waals surface area contributed by atoms with Gasteiger partial charge in [-0.1, -0.05) is 19.3 Å². The van der Waals surface area contributed by atoms with E-state index in [1.807, 2.05) is 13.1 Å². The summed E-state index contributed by atoms with van der Waals surface area (Å²) in [6, 6.07) is 5.03. The van der Waals surface area contributed by atoms with Crippen molar-refractivity contribution in [1.29, 1.82) is 0 Å². The number of nitrogens with two attached hydrogens (primary N) is 1. The molecular formula is C14H19N3O2S. The first kappa shape index (κ1) is 13.6. The van der Waals surface area contributed by atoms with Gasteiger partial charge >= 0.3 is 0 Å². The zero-order chi connectivity index (χ0) is 14.3. The maximum absolute atomic E-state index is 11.4. The Morgan fingerprint density at radius 1 is 1.25 bits per heavy atom. The van der Waals surface area contributed by atoms with Crippen molar-refractivity contribution in [3.8, 4) is 0 Å². The highest BCUT2D eigenvalue weighted by atomic mass is 32.2. The normalized spacial score (nSPS) is 17.7. The number of nitrogens with zero attached hydrogens (tertiary/aromatic N) is 2. The van der Waals surface area contributed by atoms with E-state index in [0.717, 1.165) is 16.6 Å². The van der Waals surface area contributed by atoms with Crippen molar-refractivity contribution in [3.63, 3.8) is 0 Å². The third kappa shape index (κ3) is 2.33. The lowest BCUT2D eigenvalue weighted by atomic mass is 9.86. The third-order valence-electron chi connectivity index (χ3n) is 4.17. The van der Waals surface area contributed by atoms with Crippen LogP contribution in [0.1, 0.15) is 43.7 Å². The minimum Gasteiger partial charge on any atom is -0.268 e. The van der Waals surface area contributed by atoms with Gasteiger partial charge in [0, 0.05) is 18.4 Å². The van der Waals surface area contributed by atoms with Crippen LogP contribution in [0.5, 0.6) is 0 Å². The monoisotopic (exact) mass is 293 g/mol. The van der Waals surface area contributed by atoms with Crippen molar-refractivity contribution in [2.24, 2.45) is 12.2 Å². The van der Waals surface area contributed by atoms with E-state index < -0.39 is 10.0 Å². The van der Waals surface area contributed by atoms with E-state index in [1.54, 1.807) is 16.8 Å². The molecule has 0 amide bonds. The number of hydrogen-bond donors (Lipinski definition) is 1. The van der Waals surface area contributed by atoms with Crippen LogP contribution in [0.4, 0.5) is 0 Å². The van der Waals surface area contributed by atoms with Gasteiger partial charge in [-0.15, -0.1) is 0 Å². The largest absolute Gasteiger partial charge is 0.268 e. The molecule has 1 aliphatic rings. The molecule has 0 unspecified atom stereocenters. The minimum absolute atomic E-state index is 0.142. The van der Waals surface area contributed by atoms with Crippen LogP contribution < -0.4 is 5.14 Å². The molecule has 1 saturated carbocycles. The standard InChI is InChI=1S/C14H19N3O2S/c1-17-13-9-11(20(15,18)19)7-8-12(13)14(16-17)10-5-3-2-4-6-10/h7-10H,2-6H2,1H3,(H2,15,18,19). The maximum Gasteiger partial charge on any atom is 0.238 e. The molecule has 2 aromatic rings. The summed E-state index contributed by atoms with van der Waals surface area (Å²) < 4.78 is 24.6. The van der Waals surface area contributed by atoms with E-state index in [2.05, 4.69) is 5.10 Å². The second-order valence-electron chi connectivity index (χ2n) is 5.57. The molecule has 1 aromatic carbocycles. The fourth-order valence-electron chi connectivity index (χ4n) is 3.12. The van der Waals surface area contributed by atoms with Gasteiger partial charge in [0.05, 0.1) is 16.1 Å². The summed E-state index contributed by atoms with van der Waals surface area (Å²) in [5, 5.41) is 10.9. The Bertz CT molecular complexity index is 743. The number of aromatic nitrogens is 2. The van der Waals surface area contributed by atoms with Crippen LogP contribution in [0.15, 0.2) is 23.1 Å². The molecule has 1 aromatic heterocycles. The molecular weight excluding hydrogens is 274 g/mol. The Morgan fingerprint density at radius 3 is 2.60 bits per heavy atom. The highest BCUT2D eigenvalue weighted by Gasteiger charge is 2.22. The van der Waals surface area contributed by atoms with E-state index >= 15 is 0 Å². The summed E-state index contributed by atoms with van der Waals surface area (Å²) in [6.07, 6.45) is 6.14. The fourth-order valence-corrected chi connectivity index (χ4v) is 3.65. The number of hydrogen-bond acceptors (Lipinski definition) is 3. The molecule has 2 N–H and O–H groups in total. The summed E-state index contributed by atoms with van der Waals surface area (Å²) in [6.45, 7) is 0. The Morgan fingerprint density at radius 2 is 1.95 bits per heavy atom. The average molecular weight is 293 g/mol. The molecule has 0 radical (unpaired) electrons. The number of sulfonamides is 1. The molecule has 0 saturated heterocycles. The molecule has 0 bridgehead atoms. The molecule has 1 heterocycles. The van der Waals surface area contributed by atoms with E-state index in [-0.39, 0.29) is 4.90 Å². The topological polar surface area (TPSA) is 78.0 Å². The van der Waals surface area contributed by atoms with Crippen LogP contribution in [-0.2, 0) is 17.1 Å². The van der Waals surface area contributed by atoms with Crippen LogP contribution in [0.3, 0.4) is 0 Å². The Kier molecular flexibility index (Phi) is 3.30. The summed E-state index contributed by atoms with van der Waals surface area (Å²) >= 11 is 0. The highest BCUT2D eigenvalue weighted by molar-refractivity contribution is 7.89. The van der Waals surface area contributed by atoms with Crippen LogP contribution in [0, 0.1) is 0 Å². The van der Waals surface area contributed by atoms with Crippen molar-refractivity contribution in [1.82, 2.24) is 9.78 Å². The predicted molar refractivity (Wildman–Crippen MR) is 77.9 cm³/mol. The molecule has 0 aliphatic heterocycles. The van der Waals surface area contributed by atoms with E-state index in [4.69, 9.17) is 5.14 Å². The van der Waals surface area contributed by atoms with Gasteiger partial charge in [-0.05, 0) is 31.0 Å². The molecule has 5 nitrogen and oxygen atoms in total. The van der Waals surface area contributed by atoms with Gasteiger partial charge in [-0.3, -0.25) is 4.68 Å². The SMILES string of the molecule is Cn1nc(C2CCCCC2)c2ccc(S(N)(=O)=O)cc21. The third-order valence-corrected chi connectivity index (χ3v) is 5.08. The van der Waals surface area contributed by atoms with Gasteiger partial charge in [0.15, 0.2) is 0 Å². The number of fused-ring (bicyclic) bond motifs is 1. The maximum atomic E-state index is 11.4.